The van der Waals surface area contributed by atoms with Gasteiger partial charge in [-0.2, -0.15) is 0 Å². The van der Waals surface area contributed by atoms with Crippen LogP contribution >= 0.6 is 0 Å². The number of carbonyl (C=O) groups excluding carboxylic acids is 1. The van der Waals surface area contributed by atoms with Gasteiger partial charge < -0.3 is 19.5 Å². The minimum Gasteiger partial charge on any atom is -0.379 e. The predicted octanol–water partition coefficient (Wildman–Crippen LogP) is 2.40. The summed E-state index contributed by atoms with van der Waals surface area (Å²) in [6, 6.07) is 3.52. The first-order chi connectivity index (χ1) is 11.1. The van der Waals surface area contributed by atoms with Gasteiger partial charge in [0.15, 0.2) is 5.78 Å². The second-order valence-electron chi connectivity index (χ2n) is 5.30. The van der Waals surface area contributed by atoms with Gasteiger partial charge in [-0.05, 0) is 19.1 Å². The zero-order valence-corrected chi connectivity index (χ0v) is 14.3. The largest absolute Gasteiger partial charge is 0.379 e. The molecule has 0 fully saturated rings. The molecule has 0 spiro atoms. The Morgan fingerprint density at radius 2 is 1.78 bits per heavy atom. The number of nitrogens with zero attached hydrogens (tertiary/aromatic N) is 1. The van der Waals surface area contributed by atoms with Crippen LogP contribution < -0.4 is 5.32 Å². The average molecular weight is 324 g/mol. The summed E-state index contributed by atoms with van der Waals surface area (Å²) in [5.41, 5.74) is 0.682. The van der Waals surface area contributed by atoms with Crippen molar-refractivity contribution >= 4 is 11.6 Å². The summed E-state index contributed by atoms with van der Waals surface area (Å²) in [6.07, 6.45) is 1.64. The summed E-state index contributed by atoms with van der Waals surface area (Å²) in [6.45, 7) is 9.95. The minimum atomic E-state index is -0.0173. The van der Waals surface area contributed by atoms with E-state index in [1.807, 2.05) is 20.8 Å². The number of hydrogen-bond donors (Lipinski definition) is 1. The molecule has 1 aromatic rings. The Morgan fingerprint density at radius 3 is 2.43 bits per heavy atom. The highest BCUT2D eigenvalue weighted by atomic mass is 16.5. The van der Waals surface area contributed by atoms with E-state index in [2.05, 4.69) is 10.3 Å². The lowest BCUT2D eigenvalue weighted by Gasteiger charge is -2.09. The van der Waals surface area contributed by atoms with Gasteiger partial charge >= 0.3 is 0 Å². The van der Waals surface area contributed by atoms with Crippen LogP contribution in [0.4, 0.5) is 5.82 Å². The smallest absolute Gasteiger partial charge is 0.165 e. The SMILES string of the molecule is CCOCCOCCOCCNc1cc(C(=O)C(C)C)ccn1. The van der Waals surface area contributed by atoms with Crippen LogP contribution in [0.15, 0.2) is 18.3 Å². The zero-order chi connectivity index (χ0) is 16.9. The number of nitrogens with one attached hydrogen (secondary N) is 1. The van der Waals surface area contributed by atoms with Crippen molar-refractivity contribution in [2.24, 2.45) is 5.92 Å². The van der Waals surface area contributed by atoms with Crippen LogP contribution in [-0.4, -0.2) is 57.0 Å². The molecule has 130 valence electrons. The number of pyridine rings is 1. The van der Waals surface area contributed by atoms with Crippen molar-refractivity contribution in [3.05, 3.63) is 23.9 Å². The average Bonchev–Trinajstić information content (AvgIpc) is 2.56. The van der Waals surface area contributed by atoms with Gasteiger partial charge in [-0.25, -0.2) is 4.98 Å². The Hall–Kier alpha value is -1.50. The Bertz CT molecular complexity index is 452. The quantitative estimate of drug-likeness (QED) is 0.444. The Morgan fingerprint density at radius 1 is 1.13 bits per heavy atom. The topological polar surface area (TPSA) is 69.7 Å². The van der Waals surface area contributed by atoms with E-state index in [9.17, 15) is 4.79 Å². The molecule has 0 aliphatic rings. The number of aromatic nitrogens is 1. The molecule has 0 aliphatic carbocycles. The van der Waals surface area contributed by atoms with Crippen molar-refractivity contribution in [2.75, 3.05) is 51.5 Å². The molecule has 0 unspecified atom stereocenters. The molecule has 0 saturated heterocycles. The number of Topliss-reactive ketones (excluding diaryl/α,β-unsaturated/α-hetero) is 1. The van der Waals surface area contributed by atoms with Gasteiger partial charge in [0, 0.05) is 30.8 Å². The van der Waals surface area contributed by atoms with Crippen LogP contribution in [0.25, 0.3) is 0 Å². The van der Waals surface area contributed by atoms with E-state index in [1.54, 1.807) is 18.3 Å². The fraction of sp³-hybridized carbons (Fsp3) is 0.647. The first-order valence-corrected chi connectivity index (χ1v) is 8.12. The number of rotatable bonds is 13. The van der Waals surface area contributed by atoms with Crippen LogP contribution in [0.2, 0.25) is 0 Å². The minimum absolute atomic E-state index is 0.0173. The van der Waals surface area contributed by atoms with Gasteiger partial charge in [-0.1, -0.05) is 13.8 Å². The van der Waals surface area contributed by atoms with E-state index >= 15 is 0 Å². The number of ether oxygens (including phenoxy) is 3. The third kappa shape index (κ3) is 8.64. The lowest BCUT2D eigenvalue weighted by atomic mass is 10.0. The van der Waals surface area contributed by atoms with Gasteiger partial charge in [0.25, 0.3) is 0 Å². The highest BCUT2D eigenvalue weighted by Crippen LogP contribution is 2.11. The molecule has 0 aromatic carbocycles. The number of hydrogen-bond acceptors (Lipinski definition) is 6. The first-order valence-electron chi connectivity index (χ1n) is 8.12. The van der Waals surface area contributed by atoms with Crippen molar-refractivity contribution in [3.8, 4) is 0 Å². The molecule has 6 heteroatoms. The van der Waals surface area contributed by atoms with Crippen molar-refractivity contribution in [3.63, 3.8) is 0 Å². The second kappa shape index (κ2) is 12.0. The number of carbonyl (C=O) groups is 1. The monoisotopic (exact) mass is 324 g/mol. The van der Waals surface area contributed by atoms with E-state index in [-0.39, 0.29) is 11.7 Å². The summed E-state index contributed by atoms with van der Waals surface area (Å²) >= 11 is 0. The molecule has 0 amide bonds. The maximum atomic E-state index is 11.9. The highest BCUT2D eigenvalue weighted by molar-refractivity contribution is 5.97. The fourth-order valence-electron chi connectivity index (χ4n) is 1.85. The van der Waals surface area contributed by atoms with E-state index in [1.165, 1.54) is 0 Å². The molecule has 1 N–H and O–H groups in total. The molecular formula is C17H28N2O4. The lowest BCUT2D eigenvalue weighted by molar-refractivity contribution is 0.0189. The van der Waals surface area contributed by atoms with Crippen molar-refractivity contribution in [1.82, 2.24) is 4.98 Å². The number of anilines is 1. The molecule has 1 aromatic heterocycles. The maximum absolute atomic E-state index is 11.9. The normalized spacial score (nSPS) is 11.0. The van der Waals surface area contributed by atoms with Crippen molar-refractivity contribution < 1.29 is 19.0 Å². The molecule has 6 nitrogen and oxygen atoms in total. The third-order valence-corrected chi connectivity index (χ3v) is 3.07. The molecule has 0 radical (unpaired) electrons. The molecule has 0 bridgehead atoms. The molecule has 1 rings (SSSR count). The third-order valence-electron chi connectivity index (χ3n) is 3.07. The lowest BCUT2D eigenvalue weighted by Crippen LogP contribution is -2.15. The molecule has 23 heavy (non-hydrogen) atoms. The van der Waals surface area contributed by atoms with Gasteiger partial charge in [-0.3, -0.25) is 4.79 Å². The van der Waals surface area contributed by atoms with E-state index in [0.717, 1.165) is 0 Å². The first kappa shape index (κ1) is 19.5. The molecule has 0 atom stereocenters. The highest BCUT2D eigenvalue weighted by Gasteiger charge is 2.10. The van der Waals surface area contributed by atoms with E-state index < -0.39 is 0 Å². The second-order valence-corrected chi connectivity index (χ2v) is 5.30. The van der Waals surface area contributed by atoms with Gasteiger partial charge in [-0.15, -0.1) is 0 Å². The molecular weight excluding hydrogens is 296 g/mol. The molecule has 0 saturated carbocycles. The summed E-state index contributed by atoms with van der Waals surface area (Å²) in [5.74, 6) is 0.792. The summed E-state index contributed by atoms with van der Waals surface area (Å²) in [5, 5.41) is 3.15. The Kier molecular flexibility index (Phi) is 10.2. The predicted molar refractivity (Wildman–Crippen MR) is 90.0 cm³/mol. The number of ketones is 1. The van der Waals surface area contributed by atoms with Gasteiger partial charge in [0.1, 0.15) is 5.82 Å². The van der Waals surface area contributed by atoms with Gasteiger partial charge in [0.2, 0.25) is 0 Å². The van der Waals surface area contributed by atoms with E-state index in [0.29, 0.717) is 57.6 Å². The van der Waals surface area contributed by atoms with Gasteiger partial charge in [0.05, 0.1) is 33.0 Å². The van der Waals surface area contributed by atoms with Crippen molar-refractivity contribution in [1.29, 1.82) is 0 Å². The van der Waals surface area contributed by atoms with E-state index in [4.69, 9.17) is 14.2 Å². The van der Waals surface area contributed by atoms with Crippen molar-refractivity contribution in [2.45, 2.75) is 20.8 Å². The van der Waals surface area contributed by atoms with Crippen LogP contribution in [0.5, 0.6) is 0 Å². The van der Waals surface area contributed by atoms with Crippen LogP contribution in [0.3, 0.4) is 0 Å². The summed E-state index contributed by atoms with van der Waals surface area (Å²) < 4.78 is 16.0. The summed E-state index contributed by atoms with van der Waals surface area (Å²) in [7, 11) is 0. The standard InChI is InChI=1S/C17H28N2O4/c1-4-21-9-10-23-12-11-22-8-7-19-16-13-15(5-6-18-16)17(20)14(2)3/h5-6,13-14H,4,7-12H2,1-3H3,(H,18,19). The Labute approximate surface area is 138 Å². The summed E-state index contributed by atoms with van der Waals surface area (Å²) in [4.78, 5) is 16.1. The maximum Gasteiger partial charge on any atom is 0.165 e. The Balaban J connectivity index is 2.12. The zero-order valence-electron chi connectivity index (χ0n) is 14.3. The van der Waals surface area contributed by atoms with Crippen LogP contribution in [-0.2, 0) is 14.2 Å². The van der Waals surface area contributed by atoms with Crippen LogP contribution in [0, 0.1) is 5.92 Å². The molecule has 0 aliphatic heterocycles. The molecule has 1 heterocycles. The van der Waals surface area contributed by atoms with Crippen LogP contribution in [0.1, 0.15) is 31.1 Å². The fourth-order valence-corrected chi connectivity index (χ4v) is 1.85.